The number of carbonyl (C=O) groups excluding carboxylic acids is 4. The minimum Gasteiger partial charge on any atom is -0.378 e. The summed E-state index contributed by atoms with van der Waals surface area (Å²) in [6.07, 6.45) is -2.72. The molecule has 2 atom stereocenters. The van der Waals surface area contributed by atoms with Crippen molar-refractivity contribution in [2.75, 3.05) is 55.4 Å². The predicted octanol–water partition coefficient (Wildman–Crippen LogP) is 0.566. The Kier molecular flexibility index (Phi) is 9.07. The third-order valence-electron chi connectivity index (χ3n) is 5.17. The van der Waals surface area contributed by atoms with Gasteiger partial charge in [0.25, 0.3) is 11.8 Å². The Hall–Kier alpha value is -4.56. The van der Waals surface area contributed by atoms with Gasteiger partial charge < -0.3 is 29.9 Å². The highest BCUT2D eigenvalue weighted by Crippen LogP contribution is 2.17. The fourth-order valence-electron chi connectivity index (χ4n) is 3.18. The van der Waals surface area contributed by atoms with E-state index in [1.165, 1.54) is 0 Å². The lowest BCUT2D eigenvalue weighted by Gasteiger charge is -2.17. The molecule has 14 nitrogen and oxygen atoms in total. The number of nitrogens with zero attached hydrogens (tertiary/aromatic N) is 2. The molecule has 14 heteroatoms. The molecule has 0 unspecified atom stereocenters. The van der Waals surface area contributed by atoms with Crippen LogP contribution in [0.15, 0.2) is 48.5 Å². The van der Waals surface area contributed by atoms with Crippen LogP contribution in [-0.2, 0) is 19.1 Å². The van der Waals surface area contributed by atoms with E-state index in [-0.39, 0.29) is 6.79 Å². The minimum atomic E-state index is -1.36. The van der Waals surface area contributed by atoms with E-state index < -0.39 is 36.1 Å². The van der Waals surface area contributed by atoms with Gasteiger partial charge in [0.05, 0.1) is 0 Å². The number of hydrogen-bond acceptors (Lipinski definition) is 8. The average molecular weight is 515 g/mol. The number of urea groups is 2. The summed E-state index contributed by atoms with van der Waals surface area (Å²) in [5, 5.41) is 5.12. The first-order valence-electron chi connectivity index (χ1n) is 11.2. The van der Waals surface area contributed by atoms with Crippen molar-refractivity contribution < 1.29 is 28.7 Å². The molecule has 2 aromatic rings. The quantitative estimate of drug-likeness (QED) is 0.305. The average Bonchev–Trinajstić information content (AvgIpc) is 3.37. The summed E-state index contributed by atoms with van der Waals surface area (Å²) in [5.74, 6) is -1.64. The van der Waals surface area contributed by atoms with Crippen LogP contribution in [0.4, 0.5) is 32.3 Å². The van der Waals surface area contributed by atoms with Crippen LogP contribution in [0.3, 0.4) is 0 Å². The Bertz CT molecular complexity index is 1020. The maximum absolute atomic E-state index is 12.4. The molecule has 0 aliphatic carbocycles. The lowest BCUT2D eigenvalue weighted by atomic mass is 10.2. The van der Waals surface area contributed by atoms with Gasteiger partial charge in [0.15, 0.2) is 12.2 Å². The number of nitrogens with one attached hydrogen (secondary N) is 6. The molecular weight excluding hydrogens is 484 g/mol. The van der Waals surface area contributed by atoms with Crippen LogP contribution in [-0.4, -0.2) is 71.1 Å². The van der Waals surface area contributed by atoms with Crippen LogP contribution in [0.25, 0.3) is 0 Å². The van der Waals surface area contributed by atoms with E-state index in [9.17, 15) is 19.2 Å². The highest BCUT2D eigenvalue weighted by atomic mass is 16.7. The molecule has 6 amide bonds. The number of hydrogen-bond donors (Lipinski definition) is 6. The number of anilines is 4. The van der Waals surface area contributed by atoms with Gasteiger partial charge in [-0.05, 0) is 48.5 Å². The van der Waals surface area contributed by atoms with E-state index in [0.717, 1.165) is 11.4 Å². The molecule has 0 radical (unpaired) electrons. The predicted molar refractivity (Wildman–Crippen MR) is 137 cm³/mol. The fraction of sp³-hybridized carbons (Fsp3) is 0.304. The van der Waals surface area contributed by atoms with Gasteiger partial charge in [-0.1, -0.05) is 0 Å². The summed E-state index contributed by atoms with van der Waals surface area (Å²) in [6.45, 7) is -0.328. The van der Waals surface area contributed by atoms with E-state index in [0.29, 0.717) is 11.4 Å². The van der Waals surface area contributed by atoms with Gasteiger partial charge in [0.1, 0.15) is 6.79 Å². The topological polar surface area (TPSA) is 165 Å². The van der Waals surface area contributed by atoms with Gasteiger partial charge in [-0.25, -0.2) is 20.4 Å². The zero-order valence-electron chi connectivity index (χ0n) is 20.8. The molecule has 2 aromatic carbocycles. The second kappa shape index (κ2) is 12.4. The standard InChI is InChI=1S/C23H30N8O6/c1-30(2)16-9-5-14(6-10-16)24-22(34)28-26-20(32)18-19(37-13-36-18)21(33)27-29-23(35)25-15-7-11-17(12-8-15)31(3)4/h5-12,18-19H,13H2,1-4H3,(H,26,32)(H,27,33)(H2,24,28,34)(H2,25,29,35)/t18-,19-/m1/s1. The molecular formula is C23H30N8O6. The van der Waals surface area contributed by atoms with Crippen molar-refractivity contribution in [3.63, 3.8) is 0 Å². The first-order valence-corrected chi connectivity index (χ1v) is 11.2. The summed E-state index contributed by atoms with van der Waals surface area (Å²) in [4.78, 5) is 52.9. The number of hydrazine groups is 2. The SMILES string of the molecule is CN(C)c1ccc(NC(=O)NNC(=O)[C@@H]2OCO[C@H]2C(=O)NNC(=O)Nc2ccc(N(C)C)cc2)cc1. The van der Waals surface area contributed by atoms with Gasteiger partial charge in [0.2, 0.25) is 0 Å². The summed E-state index contributed by atoms with van der Waals surface area (Å²) in [5.41, 5.74) is 11.6. The van der Waals surface area contributed by atoms with Gasteiger partial charge in [-0.3, -0.25) is 20.4 Å². The molecule has 1 saturated heterocycles. The molecule has 0 spiro atoms. The largest absolute Gasteiger partial charge is 0.378 e. The number of rotatable bonds is 6. The van der Waals surface area contributed by atoms with Crippen LogP contribution in [0.2, 0.25) is 0 Å². The second-order valence-corrected chi connectivity index (χ2v) is 8.31. The fourth-order valence-corrected chi connectivity index (χ4v) is 3.18. The lowest BCUT2D eigenvalue weighted by molar-refractivity contribution is -0.138. The zero-order chi connectivity index (χ0) is 26.9. The van der Waals surface area contributed by atoms with Crippen LogP contribution < -0.4 is 42.1 Å². The van der Waals surface area contributed by atoms with Crippen molar-refractivity contribution in [2.24, 2.45) is 0 Å². The third kappa shape index (κ3) is 7.71. The van der Waals surface area contributed by atoms with Crippen LogP contribution in [0.5, 0.6) is 0 Å². The molecule has 1 aliphatic heterocycles. The van der Waals surface area contributed by atoms with Crippen molar-refractivity contribution in [2.45, 2.75) is 12.2 Å². The van der Waals surface area contributed by atoms with E-state index in [2.05, 4.69) is 32.3 Å². The Morgan fingerprint density at radius 2 is 0.973 bits per heavy atom. The number of amides is 6. The monoisotopic (exact) mass is 514 g/mol. The summed E-state index contributed by atoms with van der Waals surface area (Å²) >= 11 is 0. The van der Waals surface area contributed by atoms with E-state index >= 15 is 0 Å². The Morgan fingerprint density at radius 1 is 0.622 bits per heavy atom. The van der Waals surface area contributed by atoms with Crippen molar-refractivity contribution in [3.05, 3.63) is 48.5 Å². The molecule has 1 aliphatic rings. The van der Waals surface area contributed by atoms with E-state index in [4.69, 9.17) is 9.47 Å². The van der Waals surface area contributed by atoms with Crippen LogP contribution in [0.1, 0.15) is 0 Å². The highest BCUT2D eigenvalue weighted by Gasteiger charge is 2.41. The van der Waals surface area contributed by atoms with Gasteiger partial charge in [0, 0.05) is 50.9 Å². The number of carbonyl (C=O) groups is 4. The minimum absolute atomic E-state index is 0.328. The number of ether oxygens (including phenoxy) is 2. The van der Waals surface area contributed by atoms with Gasteiger partial charge >= 0.3 is 12.1 Å². The molecule has 0 aromatic heterocycles. The Labute approximate surface area is 213 Å². The summed E-state index contributed by atoms with van der Waals surface area (Å²) in [6, 6.07) is 12.7. The summed E-state index contributed by atoms with van der Waals surface area (Å²) < 4.78 is 10.3. The van der Waals surface area contributed by atoms with Gasteiger partial charge in [-0.2, -0.15) is 0 Å². The zero-order valence-corrected chi connectivity index (χ0v) is 20.8. The molecule has 198 valence electrons. The smallest absolute Gasteiger partial charge is 0.337 e. The lowest BCUT2D eigenvalue weighted by Crippen LogP contribution is -2.55. The Balaban J connectivity index is 1.43. The summed E-state index contributed by atoms with van der Waals surface area (Å²) in [7, 11) is 7.57. The Morgan fingerprint density at radius 3 is 1.30 bits per heavy atom. The van der Waals surface area contributed by atoms with E-state index in [1.54, 1.807) is 24.3 Å². The maximum Gasteiger partial charge on any atom is 0.337 e. The van der Waals surface area contributed by atoms with Crippen LogP contribution >= 0.6 is 0 Å². The second-order valence-electron chi connectivity index (χ2n) is 8.31. The van der Waals surface area contributed by atoms with E-state index in [1.807, 2.05) is 62.3 Å². The third-order valence-corrected chi connectivity index (χ3v) is 5.17. The van der Waals surface area contributed by atoms with Crippen molar-refractivity contribution in [3.8, 4) is 0 Å². The molecule has 0 bridgehead atoms. The molecule has 0 saturated carbocycles. The number of benzene rings is 2. The normalized spacial score (nSPS) is 16.2. The first kappa shape index (κ1) is 27.0. The molecule has 1 fully saturated rings. The molecule has 1 heterocycles. The maximum atomic E-state index is 12.4. The molecule has 37 heavy (non-hydrogen) atoms. The molecule has 3 rings (SSSR count). The van der Waals surface area contributed by atoms with Crippen LogP contribution in [0, 0.1) is 0 Å². The van der Waals surface area contributed by atoms with Crippen molar-refractivity contribution in [1.29, 1.82) is 0 Å². The first-order chi connectivity index (χ1) is 17.6. The van der Waals surface area contributed by atoms with Crippen molar-refractivity contribution in [1.82, 2.24) is 21.7 Å². The van der Waals surface area contributed by atoms with Crippen molar-refractivity contribution >= 4 is 46.6 Å². The van der Waals surface area contributed by atoms with Gasteiger partial charge in [-0.15, -0.1) is 0 Å². The highest BCUT2D eigenvalue weighted by molar-refractivity contribution is 5.96. The molecule has 6 N–H and O–H groups in total.